The highest BCUT2D eigenvalue weighted by molar-refractivity contribution is 5.50. The van der Waals surface area contributed by atoms with Gasteiger partial charge in [0, 0.05) is 6.07 Å². The number of piperidine rings is 1. The summed E-state index contributed by atoms with van der Waals surface area (Å²) in [5.41, 5.74) is 0.627. The third-order valence-electron chi connectivity index (χ3n) is 3.42. The van der Waals surface area contributed by atoms with Crippen molar-refractivity contribution in [3.63, 3.8) is 0 Å². The van der Waals surface area contributed by atoms with E-state index in [2.05, 4.69) is 10.00 Å². The van der Waals surface area contributed by atoms with Crippen LogP contribution in [0.3, 0.4) is 0 Å². The molecule has 1 fully saturated rings. The fourth-order valence-corrected chi connectivity index (χ4v) is 2.40. The van der Waals surface area contributed by atoms with Crippen LogP contribution in [0.4, 0.5) is 0 Å². The number of hydrogen-bond acceptors (Lipinski definition) is 4. The van der Waals surface area contributed by atoms with E-state index in [1.54, 1.807) is 18.4 Å². The minimum atomic E-state index is -0.0686. The molecular formula is C14H17N3O2. The van der Waals surface area contributed by atoms with Crippen molar-refractivity contribution in [1.82, 2.24) is 14.7 Å². The zero-order valence-electron chi connectivity index (χ0n) is 10.8. The Kier molecular flexibility index (Phi) is 3.46. The third-order valence-corrected chi connectivity index (χ3v) is 3.42. The molecule has 0 radical (unpaired) electrons. The fraction of sp³-hybridized carbons (Fsp3) is 0.429. The molecule has 5 heteroatoms. The zero-order valence-corrected chi connectivity index (χ0v) is 10.8. The van der Waals surface area contributed by atoms with Gasteiger partial charge < -0.3 is 4.42 Å². The van der Waals surface area contributed by atoms with E-state index in [0.717, 1.165) is 13.1 Å². The maximum atomic E-state index is 11.9. The quantitative estimate of drug-likeness (QED) is 0.845. The van der Waals surface area contributed by atoms with Gasteiger partial charge in [-0.1, -0.05) is 6.42 Å². The van der Waals surface area contributed by atoms with Gasteiger partial charge in [-0.05, 0) is 44.1 Å². The van der Waals surface area contributed by atoms with Crippen LogP contribution in [0.25, 0.3) is 11.5 Å². The first-order valence-corrected chi connectivity index (χ1v) is 6.67. The van der Waals surface area contributed by atoms with Crippen molar-refractivity contribution in [3.8, 4) is 11.5 Å². The maximum absolute atomic E-state index is 11.9. The lowest BCUT2D eigenvalue weighted by molar-refractivity contribution is 0.170. The van der Waals surface area contributed by atoms with Gasteiger partial charge in [0.25, 0.3) is 5.56 Å². The predicted octanol–water partition coefficient (Wildman–Crippen LogP) is 1.95. The molecule has 19 heavy (non-hydrogen) atoms. The number of furan rings is 1. The SMILES string of the molecule is O=c1ccc(-c2ccco2)nn1CN1CCCCC1. The van der Waals surface area contributed by atoms with Crippen molar-refractivity contribution in [1.29, 1.82) is 0 Å². The summed E-state index contributed by atoms with van der Waals surface area (Å²) in [7, 11) is 0. The van der Waals surface area contributed by atoms with Crippen LogP contribution in [-0.2, 0) is 6.67 Å². The molecule has 2 aromatic heterocycles. The standard InChI is InChI=1S/C14H17N3O2/c18-14-7-6-12(13-5-4-10-19-13)15-17(14)11-16-8-2-1-3-9-16/h4-7,10H,1-3,8-9,11H2. The van der Waals surface area contributed by atoms with Gasteiger partial charge in [0.15, 0.2) is 5.76 Å². The molecule has 0 atom stereocenters. The largest absolute Gasteiger partial charge is 0.463 e. The smallest absolute Gasteiger partial charge is 0.268 e. The van der Waals surface area contributed by atoms with Gasteiger partial charge >= 0.3 is 0 Å². The van der Waals surface area contributed by atoms with Crippen molar-refractivity contribution in [2.75, 3.05) is 13.1 Å². The van der Waals surface area contributed by atoms with Crippen molar-refractivity contribution in [2.45, 2.75) is 25.9 Å². The Bertz CT molecular complexity index is 583. The third kappa shape index (κ3) is 2.76. The molecular weight excluding hydrogens is 242 g/mol. The van der Waals surface area contributed by atoms with Crippen molar-refractivity contribution in [3.05, 3.63) is 40.9 Å². The molecule has 1 aliphatic heterocycles. The van der Waals surface area contributed by atoms with Gasteiger partial charge in [-0.3, -0.25) is 9.69 Å². The van der Waals surface area contributed by atoms with Crippen LogP contribution in [0, 0.1) is 0 Å². The van der Waals surface area contributed by atoms with Gasteiger partial charge in [-0.2, -0.15) is 5.10 Å². The van der Waals surface area contributed by atoms with Crippen molar-refractivity contribution in [2.24, 2.45) is 0 Å². The summed E-state index contributed by atoms with van der Waals surface area (Å²) in [6.45, 7) is 2.64. The summed E-state index contributed by atoms with van der Waals surface area (Å²) in [4.78, 5) is 14.1. The zero-order chi connectivity index (χ0) is 13.1. The molecule has 1 saturated heterocycles. The summed E-state index contributed by atoms with van der Waals surface area (Å²) >= 11 is 0. The normalized spacial score (nSPS) is 16.6. The van der Waals surface area contributed by atoms with E-state index in [0.29, 0.717) is 18.1 Å². The number of hydrogen-bond donors (Lipinski definition) is 0. The second-order valence-electron chi connectivity index (χ2n) is 4.85. The average molecular weight is 259 g/mol. The van der Waals surface area contributed by atoms with E-state index in [4.69, 9.17) is 4.42 Å². The lowest BCUT2D eigenvalue weighted by atomic mass is 10.1. The van der Waals surface area contributed by atoms with Crippen molar-refractivity contribution < 1.29 is 4.42 Å². The van der Waals surface area contributed by atoms with E-state index in [9.17, 15) is 4.79 Å². The molecule has 100 valence electrons. The second-order valence-corrected chi connectivity index (χ2v) is 4.85. The highest BCUT2D eigenvalue weighted by Crippen LogP contribution is 2.15. The first kappa shape index (κ1) is 12.2. The molecule has 5 nitrogen and oxygen atoms in total. The van der Waals surface area contributed by atoms with Gasteiger partial charge in [-0.15, -0.1) is 0 Å². The number of nitrogens with zero attached hydrogens (tertiary/aromatic N) is 3. The van der Waals surface area contributed by atoms with Crippen LogP contribution in [-0.4, -0.2) is 27.8 Å². The van der Waals surface area contributed by atoms with Crippen LogP contribution in [0.5, 0.6) is 0 Å². The number of rotatable bonds is 3. The highest BCUT2D eigenvalue weighted by Gasteiger charge is 2.12. The van der Waals surface area contributed by atoms with Gasteiger partial charge in [0.2, 0.25) is 0 Å². The molecule has 2 aromatic rings. The topological polar surface area (TPSA) is 51.3 Å². The van der Waals surface area contributed by atoms with Gasteiger partial charge in [0.1, 0.15) is 5.69 Å². The Morgan fingerprint density at radius 2 is 2.00 bits per heavy atom. The summed E-state index contributed by atoms with van der Waals surface area (Å²) in [6.07, 6.45) is 5.29. The predicted molar refractivity (Wildman–Crippen MR) is 71.6 cm³/mol. The summed E-state index contributed by atoms with van der Waals surface area (Å²) in [5.74, 6) is 0.687. The Balaban J connectivity index is 1.84. The van der Waals surface area contributed by atoms with E-state index in [-0.39, 0.29) is 5.56 Å². The van der Waals surface area contributed by atoms with Crippen LogP contribution in [0.1, 0.15) is 19.3 Å². The molecule has 0 bridgehead atoms. The van der Waals surface area contributed by atoms with E-state index in [1.165, 1.54) is 23.9 Å². The Labute approximate surface area is 111 Å². The summed E-state index contributed by atoms with van der Waals surface area (Å²) in [6, 6.07) is 6.91. The fourth-order valence-electron chi connectivity index (χ4n) is 2.40. The molecule has 0 amide bonds. The number of likely N-dealkylation sites (tertiary alicyclic amines) is 1. The van der Waals surface area contributed by atoms with Gasteiger partial charge in [-0.25, -0.2) is 4.68 Å². The van der Waals surface area contributed by atoms with E-state index >= 15 is 0 Å². The minimum absolute atomic E-state index is 0.0686. The molecule has 3 heterocycles. The van der Waals surface area contributed by atoms with Crippen molar-refractivity contribution >= 4 is 0 Å². The second kappa shape index (κ2) is 5.40. The average Bonchev–Trinajstić information content (AvgIpc) is 2.96. The molecule has 0 spiro atoms. The molecule has 0 aromatic carbocycles. The summed E-state index contributed by atoms with van der Waals surface area (Å²) < 4.78 is 6.83. The molecule has 1 aliphatic rings. The summed E-state index contributed by atoms with van der Waals surface area (Å²) in [5, 5.41) is 4.38. The lowest BCUT2D eigenvalue weighted by Crippen LogP contribution is -2.36. The Morgan fingerprint density at radius 1 is 1.16 bits per heavy atom. The molecule has 0 unspecified atom stereocenters. The molecule has 0 N–H and O–H groups in total. The lowest BCUT2D eigenvalue weighted by Gasteiger charge is -2.26. The van der Waals surface area contributed by atoms with Crippen LogP contribution < -0.4 is 5.56 Å². The molecule has 3 rings (SSSR count). The Morgan fingerprint density at radius 3 is 2.74 bits per heavy atom. The molecule has 0 saturated carbocycles. The van der Waals surface area contributed by atoms with E-state index in [1.807, 2.05) is 12.1 Å². The maximum Gasteiger partial charge on any atom is 0.268 e. The van der Waals surface area contributed by atoms with Crippen LogP contribution >= 0.6 is 0 Å². The van der Waals surface area contributed by atoms with Gasteiger partial charge in [0.05, 0.1) is 12.9 Å². The number of aromatic nitrogens is 2. The monoisotopic (exact) mass is 259 g/mol. The minimum Gasteiger partial charge on any atom is -0.463 e. The first-order valence-electron chi connectivity index (χ1n) is 6.67. The van der Waals surface area contributed by atoms with Crippen LogP contribution in [0.15, 0.2) is 39.7 Å². The van der Waals surface area contributed by atoms with Crippen LogP contribution in [0.2, 0.25) is 0 Å². The molecule has 0 aliphatic carbocycles. The first-order chi connectivity index (χ1) is 9.33. The van der Waals surface area contributed by atoms with E-state index < -0.39 is 0 Å². The Hall–Kier alpha value is -1.88. The highest BCUT2D eigenvalue weighted by atomic mass is 16.3.